The molecule has 4 heteroatoms. The first kappa shape index (κ1) is 8.53. The summed E-state index contributed by atoms with van der Waals surface area (Å²) < 4.78 is 0. The Hall–Kier alpha value is -1.06. The standard InChI is InChI=1S/C9H8ClNO2/c1-13-11-8-5-7(10)3-2-6(8)4-9(11)12/h2-3,5H,4H2,1H3. The second-order valence-corrected chi connectivity index (χ2v) is 3.26. The van der Waals surface area contributed by atoms with Crippen molar-refractivity contribution in [3.63, 3.8) is 0 Å². The number of halogens is 1. The van der Waals surface area contributed by atoms with Crippen LogP contribution < -0.4 is 5.06 Å². The lowest BCUT2D eigenvalue weighted by molar-refractivity contribution is -0.123. The maximum absolute atomic E-state index is 11.3. The molecule has 0 saturated carbocycles. The number of carbonyl (C=O) groups excluding carboxylic acids is 1. The van der Waals surface area contributed by atoms with Crippen LogP contribution in [0, 0.1) is 0 Å². The van der Waals surface area contributed by atoms with Gasteiger partial charge in [0.25, 0.3) is 5.91 Å². The van der Waals surface area contributed by atoms with E-state index in [2.05, 4.69) is 0 Å². The monoisotopic (exact) mass is 197 g/mol. The number of anilines is 1. The number of hydroxylamine groups is 1. The Morgan fingerprint density at radius 1 is 1.54 bits per heavy atom. The number of carbonyl (C=O) groups is 1. The maximum atomic E-state index is 11.3. The van der Waals surface area contributed by atoms with Gasteiger partial charge in [0, 0.05) is 5.02 Å². The van der Waals surface area contributed by atoms with Crippen molar-refractivity contribution in [2.45, 2.75) is 6.42 Å². The molecule has 1 aliphatic rings. The largest absolute Gasteiger partial charge is 0.272 e. The van der Waals surface area contributed by atoms with Crippen LogP contribution in [-0.4, -0.2) is 13.0 Å². The van der Waals surface area contributed by atoms with Gasteiger partial charge in [-0.15, -0.1) is 0 Å². The zero-order valence-corrected chi connectivity index (χ0v) is 7.84. The number of hydrogen-bond donors (Lipinski definition) is 0. The van der Waals surface area contributed by atoms with Crippen molar-refractivity contribution in [1.82, 2.24) is 0 Å². The van der Waals surface area contributed by atoms with Gasteiger partial charge in [0.1, 0.15) is 0 Å². The Balaban J connectivity index is 2.50. The van der Waals surface area contributed by atoms with Crippen LogP contribution in [0.1, 0.15) is 5.56 Å². The summed E-state index contributed by atoms with van der Waals surface area (Å²) in [6.07, 6.45) is 0.389. The van der Waals surface area contributed by atoms with E-state index >= 15 is 0 Å². The molecule has 0 aliphatic carbocycles. The summed E-state index contributed by atoms with van der Waals surface area (Å²) in [5, 5.41) is 1.87. The second kappa shape index (κ2) is 3.01. The molecule has 0 fully saturated rings. The van der Waals surface area contributed by atoms with Gasteiger partial charge in [0.05, 0.1) is 19.2 Å². The predicted molar refractivity (Wildman–Crippen MR) is 49.7 cm³/mol. The molecule has 0 radical (unpaired) electrons. The molecule has 0 unspecified atom stereocenters. The average Bonchev–Trinajstić information content (AvgIpc) is 2.40. The van der Waals surface area contributed by atoms with E-state index in [0.717, 1.165) is 11.3 Å². The fourth-order valence-corrected chi connectivity index (χ4v) is 1.61. The van der Waals surface area contributed by atoms with E-state index in [-0.39, 0.29) is 5.91 Å². The molecule has 0 atom stereocenters. The van der Waals surface area contributed by atoms with Crippen LogP contribution in [0.4, 0.5) is 5.69 Å². The Morgan fingerprint density at radius 2 is 2.31 bits per heavy atom. The van der Waals surface area contributed by atoms with Gasteiger partial charge in [0.15, 0.2) is 0 Å². The van der Waals surface area contributed by atoms with Gasteiger partial charge in [-0.3, -0.25) is 9.63 Å². The summed E-state index contributed by atoms with van der Waals surface area (Å²) in [7, 11) is 1.47. The van der Waals surface area contributed by atoms with Crippen LogP contribution >= 0.6 is 11.6 Å². The first-order valence-corrected chi connectivity index (χ1v) is 4.25. The SMILES string of the molecule is CON1C(=O)Cc2ccc(Cl)cc21. The van der Waals surface area contributed by atoms with Gasteiger partial charge in [-0.2, -0.15) is 5.06 Å². The summed E-state index contributed by atoms with van der Waals surface area (Å²) >= 11 is 5.80. The molecule has 2 rings (SSSR count). The molecule has 0 bridgehead atoms. The average molecular weight is 198 g/mol. The molecule has 1 aromatic rings. The lowest BCUT2D eigenvalue weighted by Crippen LogP contribution is -2.24. The maximum Gasteiger partial charge on any atom is 0.255 e. The molecule has 0 saturated heterocycles. The van der Waals surface area contributed by atoms with Crippen molar-refractivity contribution >= 4 is 23.2 Å². The van der Waals surface area contributed by atoms with Crippen LogP contribution in [0.15, 0.2) is 18.2 Å². The highest BCUT2D eigenvalue weighted by Crippen LogP contribution is 2.31. The molecular weight excluding hydrogens is 190 g/mol. The minimum absolute atomic E-state index is 0.0558. The molecule has 1 aromatic carbocycles. The fraction of sp³-hybridized carbons (Fsp3) is 0.222. The van der Waals surface area contributed by atoms with Crippen molar-refractivity contribution in [2.24, 2.45) is 0 Å². The Labute approximate surface area is 80.8 Å². The van der Waals surface area contributed by atoms with E-state index in [9.17, 15) is 4.79 Å². The van der Waals surface area contributed by atoms with Gasteiger partial charge in [0.2, 0.25) is 0 Å². The van der Waals surface area contributed by atoms with Crippen LogP contribution in [0.3, 0.4) is 0 Å². The van der Waals surface area contributed by atoms with Gasteiger partial charge in [-0.05, 0) is 17.7 Å². The first-order valence-electron chi connectivity index (χ1n) is 3.88. The van der Waals surface area contributed by atoms with Gasteiger partial charge < -0.3 is 0 Å². The first-order chi connectivity index (χ1) is 6.22. The zero-order chi connectivity index (χ0) is 9.42. The highest BCUT2D eigenvalue weighted by molar-refractivity contribution is 6.31. The Bertz CT molecular complexity index is 365. The summed E-state index contributed by atoms with van der Waals surface area (Å²) in [5.41, 5.74) is 1.70. The molecular formula is C9H8ClNO2. The minimum Gasteiger partial charge on any atom is -0.272 e. The van der Waals surface area contributed by atoms with Gasteiger partial charge in [-0.25, -0.2) is 0 Å². The third-order valence-corrected chi connectivity index (χ3v) is 2.25. The molecule has 0 N–H and O–H groups in total. The normalized spacial score (nSPS) is 14.9. The number of amides is 1. The van der Waals surface area contributed by atoms with Crippen LogP contribution in [0.25, 0.3) is 0 Å². The lowest BCUT2D eigenvalue weighted by atomic mass is 10.2. The highest BCUT2D eigenvalue weighted by atomic mass is 35.5. The minimum atomic E-state index is -0.0558. The summed E-state index contributed by atoms with van der Waals surface area (Å²) in [4.78, 5) is 16.3. The molecule has 3 nitrogen and oxygen atoms in total. The van der Waals surface area contributed by atoms with Gasteiger partial charge in [-0.1, -0.05) is 17.7 Å². The second-order valence-electron chi connectivity index (χ2n) is 2.82. The molecule has 0 spiro atoms. The molecule has 1 aliphatic heterocycles. The van der Waals surface area contributed by atoms with Crippen molar-refractivity contribution < 1.29 is 9.63 Å². The zero-order valence-electron chi connectivity index (χ0n) is 7.08. The molecule has 1 amide bonds. The Morgan fingerprint density at radius 3 is 3.00 bits per heavy atom. The number of fused-ring (bicyclic) bond motifs is 1. The molecule has 1 heterocycles. The summed E-state index contributed by atoms with van der Waals surface area (Å²) in [6.45, 7) is 0. The van der Waals surface area contributed by atoms with Gasteiger partial charge >= 0.3 is 0 Å². The van der Waals surface area contributed by atoms with E-state index in [0.29, 0.717) is 11.4 Å². The number of hydrogen-bond acceptors (Lipinski definition) is 2. The quantitative estimate of drug-likeness (QED) is 0.687. The summed E-state index contributed by atoms with van der Waals surface area (Å²) in [6, 6.07) is 5.34. The Kier molecular flexibility index (Phi) is 1.98. The predicted octanol–water partition coefficient (Wildman–Crippen LogP) is 1.79. The molecule has 0 aromatic heterocycles. The van der Waals surface area contributed by atoms with Crippen molar-refractivity contribution in [2.75, 3.05) is 12.2 Å². The third kappa shape index (κ3) is 1.30. The third-order valence-electron chi connectivity index (χ3n) is 2.02. The number of rotatable bonds is 1. The van der Waals surface area contributed by atoms with Crippen molar-refractivity contribution in [1.29, 1.82) is 0 Å². The summed E-state index contributed by atoms with van der Waals surface area (Å²) in [5.74, 6) is -0.0558. The van der Waals surface area contributed by atoms with E-state index in [4.69, 9.17) is 16.4 Å². The van der Waals surface area contributed by atoms with E-state index < -0.39 is 0 Å². The molecule has 68 valence electrons. The number of benzene rings is 1. The van der Waals surface area contributed by atoms with Crippen LogP contribution in [0.5, 0.6) is 0 Å². The van der Waals surface area contributed by atoms with Crippen LogP contribution in [-0.2, 0) is 16.1 Å². The topological polar surface area (TPSA) is 29.5 Å². The lowest BCUT2D eigenvalue weighted by Gasteiger charge is -2.13. The molecule has 13 heavy (non-hydrogen) atoms. The highest BCUT2D eigenvalue weighted by Gasteiger charge is 2.27. The van der Waals surface area contributed by atoms with Crippen molar-refractivity contribution in [3.8, 4) is 0 Å². The van der Waals surface area contributed by atoms with Crippen molar-refractivity contribution in [3.05, 3.63) is 28.8 Å². The van der Waals surface area contributed by atoms with E-state index in [1.54, 1.807) is 12.1 Å². The van der Waals surface area contributed by atoms with E-state index in [1.807, 2.05) is 6.07 Å². The smallest absolute Gasteiger partial charge is 0.255 e. The van der Waals surface area contributed by atoms with Crippen LogP contribution in [0.2, 0.25) is 5.02 Å². The fourth-order valence-electron chi connectivity index (χ4n) is 1.44. The number of nitrogens with zero attached hydrogens (tertiary/aromatic N) is 1. The van der Waals surface area contributed by atoms with E-state index in [1.165, 1.54) is 12.2 Å².